The number of aromatic amines is 1. The van der Waals surface area contributed by atoms with Crippen LogP contribution in [0.25, 0.3) is 22.2 Å². The molecule has 2 heterocycles. The molecule has 4 rings (SSSR count). The number of nitrogens with one attached hydrogen (secondary N) is 2. The average molecular weight is 402 g/mol. The van der Waals surface area contributed by atoms with Crippen LogP contribution in [0.15, 0.2) is 48.5 Å². The first-order valence-electron chi connectivity index (χ1n) is 9.48. The normalized spacial score (nSPS) is 16.8. The summed E-state index contributed by atoms with van der Waals surface area (Å²) >= 11 is 0. The van der Waals surface area contributed by atoms with E-state index in [0.717, 1.165) is 47.4 Å². The van der Waals surface area contributed by atoms with E-state index < -0.39 is 0 Å². The Morgan fingerprint density at radius 2 is 1.93 bits per heavy atom. The number of H-pyrrole nitrogens is 1. The van der Waals surface area contributed by atoms with Crippen molar-refractivity contribution in [1.82, 2.24) is 15.2 Å². The van der Waals surface area contributed by atoms with Crippen LogP contribution in [-0.4, -0.2) is 41.5 Å². The lowest BCUT2D eigenvalue weighted by molar-refractivity contribution is -0.132. The number of amides is 1. The molecule has 0 aliphatic carbocycles. The molecule has 1 atom stereocenters. The summed E-state index contributed by atoms with van der Waals surface area (Å²) in [5.41, 5.74) is 4.06. The fraction of sp³-hybridized carbons (Fsp3) is 0.318. The van der Waals surface area contributed by atoms with Crippen LogP contribution in [0.5, 0.6) is 0 Å². The number of nitrogens with zero attached hydrogens (tertiary/aromatic N) is 1. The summed E-state index contributed by atoms with van der Waals surface area (Å²) in [5, 5.41) is 4.49. The Balaban J connectivity index is 0.00000225. The summed E-state index contributed by atoms with van der Waals surface area (Å²) in [5.74, 6) is -0.0573. The SMILES string of the molecule is C[C@@H]1CN(C(=O)CCc2c(-c3ccc(F)cc3)[nH]c3ccccc23)CCN1.Cl. The molecule has 1 aromatic heterocycles. The molecule has 1 aliphatic rings. The van der Waals surface area contributed by atoms with Gasteiger partial charge in [-0.3, -0.25) is 4.79 Å². The number of rotatable bonds is 4. The maximum atomic E-state index is 13.3. The minimum absolute atomic E-state index is 0. The molecular formula is C22H25ClFN3O. The van der Waals surface area contributed by atoms with Gasteiger partial charge in [-0.15, -0.1) is 12.4 Å². The van der Waals surface area contributed by atoms with Crippen molar-refractivity contribution in [3.8, 4) is 11.3 Å². The highest BCUT2D eigenvalue weighted by Gasteiger charge is 2.21. The van der Waals surface area contributed by atoms with Crippen molar-refractivity contribution in [1.29, 1.82) is 0 Å². The Hall–Kier alpha value is -2.37. The van der Waals surface area contributed by atoms with Crippen LogP contribution in [0.4, 0.5) is 4.39 Å². The Labute approximate surface area is 170 Å². The molecule has 148 valence electrons. The van der Waals surface area contributed by atoms with E-state index in [1.165, 1.54) is 12.1 Å². The maximum Gasteiger partial charge on any atom is 0.222 e. The van der Waals surface area contributed by atoms with Crippen LogP contribution in [-0.2, 0) is 11.2 Å². The Bertz CT molecular complexity index is 954. The zero-order chi connectivity index (χ0) is 18.8. The van der Waals surface area contributed by atoms with Crippen molar-refractivity contribution in [2.75, 3.05) is 19.6 Å². The zero-order valence-corrected chi connectivity index (χ0v) is 16.7. The van der Waals surface area contributed by atoms with Gasteiger partial charge in [0.15, 0.2) is 0 Å². The van der Waals surface area contributed by atoms with Gasteiger partial charge in [-0.1, -0.05) is 18.2 Å². The van der Waals surface area contributed by atoms with E-state index in [-0.39, 0.29) is 24.1 Å². The molecule has 6 heteroatoms. The Kier molecular flexibility index (Phi) is 6.37. The van der Waals surface area contributed by atoms with Crippen LogP contribution in [0, 0.1) is 5.82 Å². The molecule has 2 aromatic carbocycles. The minimum Gasteiger partial charge on any atom is -0.354 e. The van der Waals surface area contributed by atoms with Gasteiger partial charge < -0.3 is 15.2 Å². The first-order valence-corrected chi connectivity index (χ1v) is 9.48. The fourth-order valence-corrected chi connectivity index (χ4v) is 3.87. The number of hydrogen-bond donors (Lipinski definition) is 2. The number of aromatic nitrogens is 1. The lowest BCUT2D eigenvalue weighted by Gasteiger charge is -2.32. The van der Waals surface area contributed by atoms with Crippen molar-refractivity contribution in [3.05, 3.63) is 59.9 Å². The van der Waals surface area contributed by atoms with E-state index in [4.69, 9.17) is 0 Å². The molecule has 1 fully saturated rings. The van der Waals surface area contributed by atoms with E-state index in [1.54, 1.807) is 12.1 Å². The molecule has 0 unspecified atom stereocenters. The van der Waals surface area contributed by atoms with E-state index in [1.807, 2.05) is 23.1 Å². The number of para-hydroxylation sites is 1. The van der Waals surface area contributed by atoms with Gasteiger partial charge in [0.1, 0.15) is 5.82 Å². The highest BCUT2D eigenvalue weighted by atomic mass is 35.5. The smallest absolute Gasteiger partial charge is 0.222 e. The number of carbonyl (C=O) groups excluding carboxylic acids is 1. The topological polar surface area (TPSA) is 48.1 Å². The first kappa shape index (κ1) is 20.4. The van der Waals surface area contributed by atoms with Crippen molar-refractivity contribution in [2.24, 2.45) is 0 Å². The van der Waals surface area contributed by atoms with Crippen molar-refractivity contribution < 1.29 is 9.18 Å². The third-order valence-corrected chi connectivity index (χ3v) is 5.26. The number of carbonyl (C=O) groups is 1. The van der Waals surface area contributed by atoms with Crippen LogP contribution in [0.3, 0.4) is 0 Å². The van der Waals surface area contributed by atoms with Crippen LogP contribution < -0.4 is 5.32 Å². The summed E-state index contributed by atoms with van der Waals surface area (Å²) in [7, 11) is 0. The lowest BCUT2D eigenvalue weighted by atomic mass is 10.0. The molecule has 0 radical (unpaired) electrons. The summed E-state index contributed by atoms with van der Waals surface area (Å²) in [4.78, 5) is 18.1. The monoisotopic (exact) mass is 401 g/mol. The van der Waals surface area contributed by atoms with Crippen LogP contribution in [0.2, 0.25) is 0 Å². The molecule has 1 aliphatic heterocycles. The number of benzene rings is 2. The quantitative estimate of drug-likeness (QED) is 0.690. The minimum atomic E-state index is -0.251. The van der Waals surface area contributed by atoms with Gasteiger partial charge in [-0.2, -0.15) is 0 Å². The van der Waals surface area contributed by atoms with E-state index in [2.05, 4.69) is 23.3 Å². The highest BCUT2D eigenvalue weighted by molar-refractivity contribution is 5.91. The zero-order valence-electron chi connectivity index (χ0n) is 15.9. The third kappa shape index (κ3) is 4.21. The second kappa shape index (κ2) is 8.76. The second-order valence-corrected chi connectivity index (χ2v) is 7.23. The van der Waals surface area contributed by atoms with Gasteiger partial charge in [0.25, 0.3) is 0 Å². The fourth-order valence-electron chi connectivity index (χ4n) is 3.87. The van der Waals surface area contributed by atoms with Gasteiger partial charge in [0, 0.05) is 48.7 Å². The standard InChI is InChI=1S/C22H24FN3O.ClH/c1-15-14-26(13-12-24-15)21(27)11-10-19-18-4-2-3-5-20(18)25-22(19)16-6-8-17(23)9-7-16;/h2-9,15,24-25H,10-14H2,1H3;1H/t15-;/m1./s1. The van der Waals surface area contributed by atoms with E-state index >= 15 is 0 Å². The highest BCUT2D eigenvalue weighted by Crippen LogP contribution is 2.31. The molecule has 1 saturated heterocycles. The predicted octanol–water partition coefficient (Wildman–Crippen LogP) is 4.15. The number of fused-ring (bicyclic) bond motifs is 1. The van der Waals surface area contributed by atoms with Crippen molar-refractivity contribution in [2.45, 2.75) is 25.8 Å². The molecule has 1 amide bonds. The van der Waals surface area contributed by atoms with E-state index in [9.17, 15) is 9.18 Å². The second-order valence-electron chi connectivity index (χ2n) is 7.23. The Morgan fingerprint density at radius 3 is 2.68 bits per heavy atom. The largest absolute Gasteiger partial charge is 0.354 e. The summed E-state index contributed by atoms with van der Waals surface area (Å²) in [6.45, 7) is 4.48. The molecule has 28 heavy (non-hydrogen) atoms. The summed E-state index contributed by atoms with van der Waals surface area (Å²) in [6.07, 6.45) is 1.14. The molecule has 2 N–H and O–H groups in total. The molecule has 0 spiro atoms. The number of aryl methyl sites for hydroxylation is 1. The molecule has 3 aromatic rings. The summed E-state index contributed by atoms with van der Waals surface area (Å²) < 4.78 is 13.3. The first-order chi connectivity index (χ1) is 13.1. The van der Waals surface area contributed by atoms with Gasteiger partial charge >= 0.3 is 0 Å². The van der Waals surface area contributed by atoms with E-state index in [0.29, 0.717) is 18.9 Å². The van der Waals surface area contributed by atoms with Gasteiger partial charge in [-0.05, 0) is 54.8 Å². The molecule has 0 bridgehead atoms. The number of piperazine rings is 1. The van der Waals surface area contributed by atoms with Gasteiger partial charge in [0.05, 0.1) is 0 Å². The lowest BCUT2D eigenvalue weighted by Crippen LogP contribution is -2.51. The van der Waals surface area contributed by atoms with Crippen molar-refractivity contribution >= 4 is 29.2 Å². The van der Waals surface area contributed by atoms with Gasteiger partial charge in [0.2, 0.25) is 5.91 Å². The molecule has 4 nitrogen and oxygen atoms in total. The summed E-state index contributed by atoms with van der Waals surface area (Å²) in [6, 6.07) is 14.9. The number of hydrogen-bond acceptors (Lipinski definition) is 2. The molecular weight excluding hydrogens is 377 g/mol. The number of halogens is 2. The molecule has 0 saturated carbocycles. The average Bonchev–Trinajstić information content (AvgIpc) is 3.05. The van der Waals surface area contributed by atoms with Crippen molar-refractivity contribution in [3.63, 3.8) is 0 Å². The Morgan fingerprint density at radius 1 is 1.18 bits per heavy atom. The maximum absolute atomic E-state index is 13.3. The predicted molar refractivity (Wildman–Crippen MR) is 113 cm³/mol. The van der Waals surface area contributed by atoms with Crippen LogP contribution >= 0.6 is 12.4 Å². The van der Waals surface area contributed by atoms with Crippen LogP contribution in [0.1, 0.15) is 18.9 Å². The van der Waals surface area contributed by atoms with Gasteiger partial charge in [-0.25, -0.2) is 4.39 Å². The third-order valence-electron chi connectivity index (χ3n) is 5.26.